The van der Waals surface area contributed by atoms with Crippen LogP contribution in [0.3, 0.4) is 0 Å². The second kappa shape index (κ2) is 6.39. The summed E-state index contributed by atoms with van der Waals surface area (Å²) in [5.41, 5.74) is 0.831. The first-order valence-electron chi connectivity index (χ1n) is 6.49. The maximum atomic E-state index is 10.6. The lowest BCUT2D eigenvalue weighted by atomic mass is 10.2. The monoisotopic (exact) mass is 350 g/mol. The summed E-state index contributed by atoms with van der Waals surface area (Å²) in [4.78, 5) is 10.2. The summed E-state index contributed by atoms with van der Waals surface area (Å²) in [6.45, 7) is 0. The Balaban J connectivity index is 1.75. The Morgan fingerprint density at radius 3 is 2.91 bits per heavy atom. The summed E-state index contributed by atoms with van der Waals surface area (Å²) >= 11 is 7.37. The molecule has 3 aromatic rings. The number of hydrogen-bond acceptors (Lipinski definition) is 6. The number of nitro groups is 1. The molecule has 0 aliphatic heterocycles. The molecular weight excluding hydrogens is 340 g/mol. The molecule has 8 nitrogen and oxygen atoms in total. The van der Waals surface area contributed by atoms with Gasteiger partial charge in [-0.1, -0.05) is 35.5 Å². The van der Waals surface area contributed by atoms with Crippen molar-refractivity contribution in [1.82, 2.24) is 24.5 Å². The fraction of sp³-hybridized carbons (Fsp3) is 0.154. The van der Waals surface area contributed by atoms with E-state index in [1.165, 1.54) is 28.8 Å². The average molecular weight is 351 g/mol. The van der Waals surface area contributed by atoms with Gasteiger partial charge in [-0.15, -0.1) is 10.2 Å². The fourth-order valence-electron chi connectivity index (χ4n) is 1.96. The minimum absolute atomic E-state index is 0.0387. The van der Waals surface area contributed by atoms with E-state index >= 15 is 0 Å². The molecule has 10 heteroatoms. The lowest BCUT2D eigenvalue weighted by Gasteiger charge is -2.04. The van der Waals surface area contributed by atoms with Crippen molar-refractivity contribution in [2.24, 2.45) is 7.05 Å². The van der Waals surface area contributed by atoms with Gasteiger partial charge in [-0.3, -0.25) is 14.8 Å². The number of nitrogens with zero attached hydrogens (tertiary/aromatic N) is 6. The minimum Gasteiger partial charge on any atom is -0.305 e. The molecule has 0 spiro atoms. The molecule has 0 radical (unpaired) electrons. The van der Waals surface area contributed by atoms with Crippen molar-refractivity contribution in [2.75, 3.05) is 0 Å². The van der Waals surface area contributed by atoms with Crippen LogP contribution >= 0.6 is 23.4 Å². The summed E-state index contributed by atoms with van der Waals surface area (Å²) in [5.74, 6) is 1.09. The van der Waals surface area contributed by atoms with Crippen molar-refractivity contribution in [3.63, 3.8) is 0 Å². The van der Waals surface area contributed by atoms with Crippen LogP contribution in [0.15, 0.2) is 41.8 Å². The van der Waals surface area contributed by atoms with E-state index in [0.717, 1.165) is 5.56 Å². The van der Waals surface area contributed by atoms with Crippen LogP contribution in [0.25, 0.3) is 11.4 Å². The van der Waals surface area contributed by atoms with Crippen molar-refractivity contribution in [3.8, 4) is 11.4 Å². The Kier molecular flexibility index (Phi) is 4.30. The van der Waals surface area contributed by atoms with Gasteiger partial charge in [0.25, 0.3) is 0 Å². The SMILES string of the molecule is Cn1c(SCn2cc([N+](=O)[O-])cn2)nnc1-c1cccc(Cl)c1. The van der Waals surface area contributed by atoms with Gasteiger partial charge >= 0.3 is 5.69 Å². The van der Waals surface area contributed by atoms with E-state index in [4.69, 9.17) is 11.6 Å². The van der Waals surface area contributed by atoms with E-state index in [1.54, 1.807) is 6.07 Å². The maximum Gasteiger partial charge on any atom is 0.307 e. The summed E-state index contributed by atoms with van der Waals surface area (Å²) < 4.78 is 3.32. The maximum absolute atomic E-state index is 10.6. The summed E-state index contributed by atoms with van der Waals surface area (Å²) in [7, 11) is 1.85. The van der Waals surface area contributed by atoms with Crippen LogP contribution in [0.2, 0.25) is 5.02 Å². The zero-order valence-corrected chi connectivity index (χ0v) is 13.5. The van der Waals surface area contributed by atoms with E-state index in [9.17, 15) is 10.1 Å². The standard InChI is InChI=1S/C13H11ClN6O2S/c1-18-12(9-3-2-4-10(14)5-9)16-17-13(18)23-8-19-7-11(6-15-19)20(21)22/h2-7H,8H2,1H3. The van der Waals surface area contributed by atoms with Crippen LogP contribution in [0.4, 0.5) is 5.69 Å². The predicted molar refractivity (Wildman–Crippen MR) is 86.2 cm³/mol. The topological polar surface area (TPSA) is 91.7 Å². The lowest BCUT2D eigenvalue weighted by molar-refractivity contribution is -0.385. The van der Waals surface area contributed by atoms with Crippen LogP contribution in [0.5, 0.6) is 0 Å². The van der Waals surface area contributed by atoms with Gasteiger partial charge in [0.05, 0.1) is 10.8 Å². The highest BCUT2D eigenvalue weighted by molar-refractivity contribution is 7.98. The Bertz CT molecular complexity index is 862. The van der Waals surface area contributed by atoms with Gasteiger partial charge in [-0.25, -0.2) is 0 Å². The molecule has 0 bridgehead atoms. The average Bonchev–Trinajstić information content (AvgIpc) is 3.12. The molecule has 0 aliphatic rings. The molecule has 3 rings (SSSR count). The summed E-state index contributed by atoms with van der Waals surface area (Å²) in [6, 6.07) is 7.36. The lowest BCUT2D eigenvalue weighted by Crippen LogP contribution is -1.98. The van der Waals surface area contributed by atoms with Crippen LogP contribution < -0.4 is 0 Å². The zero-order chi connectivity index (χ0) is 16.4. The first kappa shape index (κ1) is 15.5. The molecule has 0 saturated heterocycles. The largest absolute Gasteiger partial charge is 0.307 e. The molecule has 0 aliphatic carbocycles. The van der Waals surface area contributed by atoms with Gasteiger partial charge in [0.1, 0.15) is 12.4 Å². The first-order chi connectivity index (χ1) is 11.0. The van der Waals surface area contributed by atoms with Crippen molar-refractivity contribution in [3.05, 3.63) is 51.8 Å². The molecule has 0 amide bonds. The Hall–Kier alpha value is -2.39. The highest BCUT2D eigenvalue weighted by atomic mass is 35.5. The third-order valence-electron chi connectivity index (χ3n) is 3.07. The van der Waals surface area contributed by atoms with E-state index < -0.39 is 4.92 Å². The van der Waals surface area contributed by atoms with E-state index in [-0.39, 0.29) is 5.69 Å². The van der Waals surface area contributed by atoms with Crippen molar-refractivity contribution in [1.29, 1.82) is 0 Å². The third kappa shape index (κ3) is 3.35. The Morgan fingerprint density at radius 2 is 2.22 bits per heavy atom. The molecule has 23 heavy (non-hydrogen) atoms. The predicted octanol–water partition coefficient (Wildman–Crippen LogP) is 2.99. The second-order valence-electron chi connectivity index (χ2n) is 4.64. The van der Waals surface area contributed by atoms with Gasteiger partial charge in [0.2, 0.25) is 0 Å². The van der Waals surface area contributed by atoms with Gasteiger partial charge in [0, 0.05) is 17.6 Å². The first-order valence-corrected chi connectivity index (χ1v) is 7.86. The number of halogens is 1. The molecule has 2 aromatic heterocycles. The fourth-order valence-corrected chi connectivity index (χ4v) is 2.92. The number of rotatable bonds is 5. The van der Waals surface area contributed by atoms with Crippen LogP contribution in [0.1, 0.15) is 0 Å². The van der Waals surface area contributed by atoms with Gasteiger partial charge in [0.15, 0.2) is 11.0 Å². The molecule has 118 valence electrons. The molecule has 0 unspecified atom stereocenters. The molecular formula is C13H11ClN6O2S. The van der Waals surface area contributed by atoms with E-state index in [2.05, 4.69) is 15.3 Å². The van der Waals surface area contributed by atoms with Gasteiger partial charge < -0.3 is 4.57 Å². The molecule has 0 fully saturated rings. The third-order valence-corrected chi connectivity index (χ3v) is 4.32. The number of hydrogen-bond donors (Lipinski definition) is 0. The Labute approximate surface area is 140 Å². The number of aromatic nitrogens is 5. The zero-order valence-electron chi connectivity index (χ0n) is 12.0. The van der Waals surface area contributed by atoms with Crippen molar-refractivity contribution in [2.45, 2.75) is 11.0 Å². The second-order valence-corrected chi connectivity index (χ2v) is 5.99. The molecule has 0 saturated carbocycles. The normalized spacial score (nSPS) is 10.9. The van der Waals surface area contributed by atoms with Crippen LogP contribution in [-0.4, -0.2) is 29.5 Å². The molecule has 0 N–H and O–H groups in total. The summed E-state index contributed by atoms with van der Waals surface area (Å²) in [6.07, 6.45) is 2.59. The molecule has 0 atom stereocenters. The van der Waals surface area contributed by atoms with Gasteiger partial charge in [-0.2, -0.15) is 5.10 Å². The summed E-state index contributed by atoms with van der Waals surface area (Å²) in [5, 5.41) is 24.2. The van der Waals surface area contributed by atoms with E-state index in [1.807, 2.05) is 29.8 Å². The highest BCUT2D eigenvalue weighted by Crippen LogP contribution is 2.25. The highest BCUT2D eigenvalue weighted by Gasteiger charge is 2.13. The van der Waals surface area contributed by atoms with Crippen LogP contribution in [0, 0.1) is 10.1 Å². The molecule has 2 heterocycles. The number of benzene rings is 1. The number of thioether (sulfide) groups is 1. The van der Waals surface area contributed by atoms with E-state index in [0.29, 0.717) is 21.9 Å². The molecule has 1 aromatic carbocycles. The quantitative estimate of drug-likeness (QED) is 0.399. The Morgan fingerprint density at radius 1 is 1.39 bits per heavy atom. The smallest absolute Gasteiger partial charge is 0.305 e. The van der Waals surface area contributed by atoms with Gasteiger partial charge in [-0.05, 0) is 12.1 Å². The van der Waals surface area contributed by atoms with Crippen molar-refractivity contribution < 1.29 is 4.92 Å². The van der Waals surface area contributed by atoms with Crippen LogP contribution in [-0.2, 0) is 12.9 Å². The minimum atomic E-state index is -0.478. The van der Waals surface area contributed by atoms with Crippen molar-refractivity contribution >= 4 is 29.1 Å².